The molecule has 0 amide bonds. The standard InChI is InChI=1S/C23H49NO.ClH/c1-3-5-7-9-11-12-13-14-16-18-20-22-24-23(25)21-19-17-15-10-8-6-4-2;/h23-25H,3-22H2,1-2H3;1H. The summed E-state index contributed by atoms with van der Waals surface area (Å²) in [5, 5.41) is 12.2. The summed E-state index contributed by atoms with van der Waals surface area (Å²) < 4.78 is 0. The molecule has 0 bridgehead atoms. The zero-order chi connectivity index (χ0) is 18.4. The van der Waals surface area contributed by atoms with Gasteiger partial charge in [-0.1, -0.05) is 110 Å². The molecule has 0 aromatic rings. The van der Waals surface area contributed by atoms with Gasteiger partial charge in [-0.2, -0.15) is 0 Å². The molecule has 0 spiro atoms. The van der Waals surface area contributed by atoms with Gasteiger partial charge >= 0.3 is 0 Å². The Morgan fingerprint density at radius 2 is 0.885 bits per heavy atom. The van der Waals surface area contributed by atoms with Gasteiger partial charge in [-0.05, 0) is 19.3 Å². The van der Waals surface area contributed by atoms with Crippen molar-refractivity contribution in [1.29, 1.82) is 0 Å². The Morgan fingerprint density at radius 3 is 1.31 bits per heavy atom. The van der Waals surface area contributed by atoms with Crippen molar-refractivity contribution in [3.8, 4) is 0 Å². The lowest BCUT2D eigenvalue weighted by molar-refractivity contribution is -0.725. The summed E-state index contributed by atoms with van der Waals surface area (Å²) in [7, 11) is 0. The van der Waals surface area contributed by atoms with Crippen molar-refractivity contribution in [3.05, 3.63) is 0 Å². The molecule has 0 saturated heterocycles. The Kier molecular flexibility index (Phi) is 27.6. The van der Waals surface area contributed by atoms with Crippen LogP contribution in [0, 0.1) is 0 Å². The topological polar surface area (TPSA) is 36.8 Å². The van der Waals surface area contributed by atoms with Gasteiger partial charge in [-0.15, -0.1) is 0 Å². The molecule has 26 heavy (non-hydrogen) atoms. The Morgan fingerprint density at radius 1 is 0.538 bits per heavy atom. The van der Waals surface area contributed by atoms with Crippen LogP contribution in [-0.4, -0.2) is 17.9 Å². The summed E-state index contributed by atoms with van der Waals surface area (Å²) in [6.45, 7) is 5.66. The van der Waals surface area contributed by atoms with Crippen LogP contribution in [0.15, 0.2) is 0 Å². The molecule has 0 heterocycles. The van der Waals surface area contributed by atoms with E-state index >= 15 is 0 Å². The number of aliphatic hydroxyl groups excluding tert-OH is 1. The van der Waals surface area contributed by atoms with Gasteiger partial charge in [0.1, 0.15) is 0 Å². The summed E-state index contributed by atoms with van der Waals surface area (Å²) in [4.78, 5) is 0. The molecular weight excluding hydrogens is 342 g/mol. The Bertz CT molecular complexity index is 238. The summed E-state index contributed by atoms with van der Waals surface area (Å²) in [6, 6.07) is 0. The Balaban J connectivity index is 0. The van der Waals surface area contributed by atoms with Crippen LogP contribution in [-0.2, 0) is 0 Å². The highest BCUT2D eigenvalue weighted by Crippen LogP contribution is 2.11. The van der Waals surface area contributed by atoms with Crippen LogP contribution in [0.1, 0.15) is 136 Å². The quantitative estimate of drug-likeness (QED) is 0.228. The molecule has 0 saturated carbocycles. The molecular formula is C23H50ClNO. The van der Waals surface area contributed by atoms with Crippen molar-refractivity contribution < 1.29 is 22.8 Å². The minimum absolute atomic E-state index is 0. The minimum atomic E-state index is -0.154. The molecule has 3 heteroatoms. The van der Waals surface area contributed by atoms with E-state index in [9.17, 15) is 5.11 Å². The van der Waals surface area contributed by atoms with Crippen LogP contribution < -0.4 is 17.7 Å². The largest absolute Gasteiger partial charge is 1.00 e. The predicted molar refractivity (Wildman–Crippen MR) is 112 cm³/mol. The second-order valence-corrected chi connectivity index (χ2v) is 8.04. The van der Waals surface area contributed by atoms with Crippen LogP contribution in [0.4, 0.5) is 0 Å². The van der Waals surface area contributed by atoms with Gasteiger partial charge in [-0.3, -0.25) is 0 Å². The van der Waals surface area contributed by atoms with Gasteiger partial charge in [0.15, 0.2) is 6.23 Å². The van der Waals surface area contributed by atoms with E-state index in [1.54, 1.807) is 0 Å². The van der Waals surface area contributed by atoms with Crippen LogP contribution in [0.2, 0.25) is 0 Å². The van der Waals surface area contributed by atoms with Crippen molar-refractivity contribution in [1.82, 2.24) is 0 Å². The Labute approximate surface area is 171 Å². The summed E-state index contributed by atoms with van der Waals surface area (Å²) in [5.41, 5.74) is 0. The average Bonchev–Trinajstić information content (AvgIpc) is 2.62. The molecule has 0 fully saturated rings. The predicted octanol–water partition coefficient (Wildman–Crippen LogP) is 3.32. The van der Waals surface area contributed by atoms with E-state index < -0.39 is 0 Å². The zero-order valence-electron chi connectivity index (χ0n) is 18.1. The molecule has 0 aromatic heterocycles. The van der Waals surface area contributed by atoms with E-state index in [1.807, 2.05) is 0 Å². The van der Waals surface area contributed by atoms with Gasteiger partial charge in [0.05, 0.1) is 6.54 Å². The first-order valence-electron chi connectivity index (χ1n) is 11.8. The summed E-state index contributed by atoms with van der Waals surface area (Å²) in [5.74, 6) is 0. The molecule has 1 atom stereocenters. The molecule has 1 unspecified atom stereocenters. The van der Waals surface area contributed by atoms with Gasteiger partial charge in [0.2, 0.25) is 0 Å². The molecule has 160 valence electrons. The number of quaternary nitrogens is 1. The second kappa shape index (κ2) is 25.2. The van der Waals surface area contributed by atoms with E-state index in [0.717, 1.165) is 13.0 Å². The van der Waals surface area contributed by atoms with E-state index in [4.69, 9.17) is 0 Å². The number of hydrogen-bond acceptors (Lipinski definition) is 1. The second-order valence-electron chi connectivity index (χ2n) is 8.04. The average molecular weight is 392 g/mol. The van der Waals surface area contributed by atoms with E-state index in [0.29, 0.717) is 0 Å². The monoisotopic (exact) mass is 391 g/mol. The van der Waals surface area contributed by atoms with Crippen molar-refractivity contribution in [2.24, 2.45) is 0 Å². The molecule has 0 aliphatic carbocycles. The van der Waals surface area contributed by atoms with Gasteiger partial charge in [0.25, 0.3) is 0 Å². The highest BCUT2D eigenvalue weighted by atomic mass is 35.5. The molecule has 0 rings (SSSR count). The van der Waals surface area contributed by atoms with E-state index in [2.05, 4.69) is 19.2 Å². The SMILES string of the molecule is CCCCCCCCCCCCC[NH2+]C(O)CCCCCCCCC.[Cl-]. The van der Waals surface area contributed by atoms with E-state index in [-0.39, 0.29) is 18.6 Å². The third-order valence-corrected chi connectivity index (χ3v) is 5.35. The maximum atomic E-state index is 10.00. The smallest absolute Gasteiger partial charge is 0.187 e. The number of aliphatic hydroxyl groups is 1. The number of unbranched alkanes of at least 4 members (excludes halogenated alkanes) is 16. The Hall–Kier alpha value is 0.210. The highest BCUT2D eigenvalue weighted by Gasteiger charge is 2.05. The number of nitrogens with two attached hydrogens (primary N) is 1. The lowest BCUT2D eigenvalue weighted by Gasteiger charge is -2.09. The lowest BCUT2D eigenvalue weighted by atomic mass is 10.1. The molecule has 0 aliphatic rings. The lowest BCUT2D eigenvalue weighted by Crippen LogP contribution is -3.00. The number of rotatable bonds is 21. The third-order valence-electron chi connectivity index (χ3n) is 5.35. The molecule has 0 aromatic carbocycles. The van der Waals surface area contributed by atoms with Crippen molar-refractivity contribution in [2.75, 3.05) is 6.54 Å². The van der Waals surface area contributed by atoms with Gasteiger partial charge < -0.3 is 22.8 Å². The fraction of sp³-hybridized carbons (Fsp3) is 1.00. The molecule has 0 radical (unpaired) electrons. The molecule has 3 N–H and O–H groups in total. The first kappa shape index (κ1) is 28.4. The van der Waals surface area contributed by atoms with Gasteiger partial charge in [-0.25, -0.2) is 0 Å². The van der Waals surface area contributed by atoms with Gasteiger partial charge in [0, 0.05) is 6.42 Å². The van der Waals surface area contributed by atoms with Crippen molar-refractivity contribution in [2.45, 2.75) is 142 Å². The zero-order valence-corrected chi connectivity index (χ0v) is 18.9. The fourth-order valence-corrected chi connectivity index (χ4v) is 3.55. The number of hydrogen-bond donors (Lipinski definition) is 2. The molecule has 2 nitrogen and oxygen atoms in total. The number of halogens is 1. The van der Waals surface area contributed by atoms with Crippen molar-refractivity contribution >= 4 is 0 Å². The maximum absolute atomic E-state index is 10.00. The first-order valence-corrected chi connectivity index (χ1v) is 11.8. The normalized spacial score (nSPS) is 12.1. The van der Waals surface area contributed by atoms with Crippen LogP contribution in [0.5, 0.6) is 0 Å². The molecule has 0 aliphatic heterocycles. The van der Waals surface area contributed by atoms with E-state index in [1.165, 1.54) is 116 Å². The van der Waals surface area contributed by atoms with Crippen LogP contribution in [0.25, 0.3) is 0 Å². The first-order chi connectivity index (χ1) is 12.3. The fourth-order valence-electron chi connectivity index (χ4n) is 3.55. The summed E-state index contributed by atoms with van der Waals surface area (Å²) in [6.07, 6.45) is 25.5. The van der Waals surface area contributed by atoms with Crippen LogP contribution in [0.3, 0.4) is 0 Å². The highest BCUT2D eigenvalue weighted by molar-refractivity contribution is 4.49. The minimum Gasteiger partial charge on any atom is -1.00 e. The van der Waals surface area contributed by atoms with Crippen molar-refractivity contribution in [3.63, 3.8) is 0 Å². The third kappa shape index (κ3) is 24.2. The maximum Gasteiger partial charge on any atom is 0.187 e. The summed E-state index contributed by atoms with van der Waals surface area (Å²) >= 11 is 0. The van der Waals surface area contributed by atoms with Crippen LogP contribution >= 0.6 is 0 Å².